The number of nitrogens with zero attached hydrogens (tertiary/aromatic N) is 1. The highest BCUT2D eigenvalue weighted by molar-refractivity contribution is 7.89. The minimum Gasteiger partial charge on any atom is -0.479 e. The zero-order valence-corrected chi connectivity index (χ0v) is 18.0. The number of esters is 1. The number of ether oxygens (including phenoxy) is 2. The fourth-order valence-electron chi connectivity index (χ4n) is 3.48. The highest BCUT2D eigenvalue weighted by Crippen LogP contribution is 2.38. The van der Waals surface area contributed by atoms with Gasteiger partial charge >= 0.3 is 5.97 Å². The molecule has 3 aromatic carbocycles. The van der Waals surface area contributed by atoms with Gasteiger partial charge in [-0.25, -0.2) is 17.6 Å². The molecule has 7 nitrogen and oxygen atoms in total. The maximum atomic E-state index is 13.8. The van der Waals surface area contributed by atoms with Gasteiger partial charge in [0.25, 0.3) is 10.0 Å². The van der Waals surface area contributed by atoms with Crippen LogP contribution in [0.2, 0.25) is 0 Å². The Morgan fingerprint density at radius 3 is 2.44 bits per heavy atom. The molecule has 0 amide bonds. The lowest BCUT2D eigenvalue weighted by atomic mass is 10.0. The molecule has 0 radical (unpaired) electrons. The molecular weight excluding hydrogens is 437 g/mol. The van der Waals surface area contributed by atoms with Crippen molar-refractivity contribution < 1.29 is 31.9 Å². The third-order valence-electron chi connectivity index (χ3n) is 5.15. The Bertz CT molecular complexity index is 1400. The van der Waals surface area contributed by atoms with Gasteiger partial charge in [-0.1, -0.05) is 36.4 Å². The number of hydrogen-bond donors (Lipinski definition) is 0. The van der Waals surface area contributed by atoms with Crippen molar-refractivity contribution in [2.75, 3.05) is 20.8 Å². The Kier molecular flexibility index (Phi) is 5.43. The predicted molar refractivity (Wildman–Crippen MR) is 115 cm³/mol. The van der Waals surface area contributed by atoms with Crippen LogP contribution in [0.4, 0.5) is 4.39 Å². The molecule has 0 bridgehead atoms. The van der Waals surface area contributed by atoms with E-state index in [0.29, 0.717) is 0 Å². The number of benzene rings is 3. The van der Waals surface area contributed by atoms with Crippen LogP contribution in [0.25, 0.3) is 16.5 Å². The summed E-state index contributed by atoms with van der Waals surface area (Å²) in [4.78, 5) is 24.8. The van der Waals surface area contributed by atoms with Crippen LogP contribution in [-0.2, 0) is 24.3 Å². The summed E-state index contributed by atoms with van der Waals surface area (Å²) in [5, 5.41) is 1.70. The molecule has 0 unspecified atom stereocenters. The van der Waals surface area contributed by atoms with E-state index in [1.54, 1.807) is 18.2 Å². The van der Waals surface area contributed by atoms with E-state index in [-0.39, 0.29) is 27.5 Å². The monoisotopic (exact) mass is 455 g/mol. The molecule has 1 aliphatic rings. The van der Waals surface area contributed by atoms with E-state index < -0.39 is 34.2 Å². The summed E-state index contributed by atoms with van der Waals surface area (Å²) in [7, 11) is -1.90. The number of ketones is 1. The molecule has 32 heavy (non-hydrogen) atoms. The Labute approximate surface area is 183 Å². The minimum atomic E-state index is -4.25. The van der Waals surface area contributed by atoms with E-state index in [2.05, 4.69) is 4.74 Å². The highest BCUT2D eigenvalue weighted by Gasteiger charge is 2.39. The molecule has 0 atom stereocenters. The number of halogens is 1. The number of carbonyl (C=O) groups is 2. The van der Waals surface area contributed by atoms with Gasteiger partial charge in [-0.15, -0.1) is 0 Å². The molecule has 0 saturated carbocycles. The summed E-state index contributed by atoms with van der Waals surface area (Å²) in [5.74, 6) is -2.27. The van der Waals surface area contributed by atoms with E-state index in [4.69, 9.17) is 4.74 Å². The topological polar surface area (TPSA) is 90.0 Å². The molecule has 0 fully saturated rings. The molecule has 0 aliphatic carbocycles. The Morgan fingerprint density at radius 2 is 1.72 bits per heavy atom. The zero-order valence-electron chi connectivity index (χ0n) is 17.2. The van der Waals surface area contributed by atoms with E-state index in [9.17, 15) is 22.4 Å². The van der Waals surface area contributed by atoms with Gasteiger partial charge in [-0.05, 0) is 35.0 Å². The SMILES string of the molecule is COC(=O)COC1=C(C(=O)c2ccc3ccccc3c2)N(C)S(=O)(=O)c2cc(F)ccc21. The number of fused-ring (bicyclic) bond motifs is 2. The molecule has 9 heteroatoms. The van der Waals surface area contributed by atoms with Crippen LogP contribution in [-0.4, -0.2) is 45.2 Å². The Morgan fingerprint density at radius 1 is 1.00 bits per heavy atom. The van der Waals surface area contributed by atoms with Crippen molar-refractivity contribution in [3.63, 3.8) is 0 Å². The van der Waals surface area contributed by atoms with Gasteiger partial charge in [0.1, 0.15) is 16.4 Å². The Hall–Kier alpha value is -3.72. The summed E-state index contributed by atoms with van der Waals surface area (Å²) < 4.78 is 50.9. The Balaban J connectivity index is 1.93. The summed E-state index contributed by atoms with van der Waals surface area (Å²) in [6, 6.07) is 15.5. The van der Waals surface area contributed by atoms with E-state index >= 15 is 0 Å². The number of allylic oxidation sites excluding steroid dienone is 1. The lowest BCUT2D eigenvalue weighted by Crippen LogP contribution is -2.36. The van der Waals surface area contributed by atoms with Crippen LogP contribution >= 0.6 is 0 Å². The average Bonchev–Trinajstić information content (AvgIpc) is 2.79. The van der Waals surface area contributed by atoms with E-state index in [1.807, 2.05) is 24.3 Å². The smallest absolute Gasteiger partial charge is 0.343 e. The number of rotatable bonds is 5. The van der Waals surface area contributed by atoms with Gasteiger partial charge < -0.3 is 9.47 Å². The summed E-state index contributed by atoms with van der Waals surface area (Å²) in [6.45, 7) is -0.564. The van der Waals surface area contributed by atoms with Crippen LogP contribution in [0.5, 0.6) is 0 Å². The molecule has 1 aliphatic heterocycles. The van der Waals surface area contributed by atoms with Crippen LogP contribution in [0.15, 0.2) is 71.3 Å². The maximum Gasteiger partial charge on any atom is 0.343 e. The molecule has 0 N–H and O–H groups in total. The number of sulfonamides is 1. The number of hydrogen-bond acceptors (Lipinski definition) is 6. The summed E-state index contributed by atoms with van der Waals surface area (Å²) in [5.41, 5.74) is -0.0775. The lowest BCUT2D eigenvalue weighted by molar-refractivity contribution is -0.143. The van der Waals surface area contributed by atoms with Gasteiger partial charge in [0.05, 0.1) is 7.11 Å². The van der Waals surface area contributed by atoms with Crippen LogP contribution in [0.1, 0.15) is 15.9 Å². The van der Waals surface area contributed by atoms with Crippen LogP contribution in [0, 0.1) is 5.82 Å². The molecule has 0 aromatic heterocycles. The van der Waals surface area contributed by atoms with Gasteiger partial charge in [0, 0.05) is 18.2 Å². The van der Waals surface area contributed by atoms with Crippen LogP contribution < -0.4 is 0 Å². The first-order valence-electron chi connectivity index (χ1n) is 9.50. The van der Waals surface area contributed by atoms with Crippen molar-refractivity contribution in [2.45, 2.75) is 4.90 Å². The first-order valence-corrected chi connectivity index (χ1v) is 10.9. The average molecular weight is 455 g/mol. The minimum absolute atomic E-state index is 0.0162. The molecule has 0 spiro atoms. The quantitative estimate of drug-likeness (QED) is 0.433. The van der Waals surface area contributed by atoms with Crippen molar-refractivity contribution in [1.29, 1.82) is 0 Å². The molecule has 1 heterocycles. The summed E-state index contributed by atoms with van der Waals surface area (Å²) >= 11 is 0. The zero-order chi connectivity index (χ0) is 23.0. The third kappa shape index (κ3) is 3.60. The van der Waals surface area contributed by atoms with Gasteiger partial charge in [0.15, 0.2) is 12.4 Å². The van der Waals surface area contributed by atoms with Crippen molar-refractivity contribution in [3.8, 4) is 0 Å². The molecule has 0 saturated heterocycles. The van der Waals surface area contributed by atoms with E-state index in [0.717, 1.165) is 27.2 Å². The van der Waals surface area contributed by atoms with E-state index in [1.165, 1.54) is 20.2 Å². The standard InChI is InChI=1S/C23H18FNO6S/c1-25-21(22(27)16-8-7-14-5-3-4-6-15(14)11-16)23(31-13-20(26)30-2)18-10-9-17(24)12-19(18)32(25,28)29/h3-12H,13H2,1-2H3. The third-order valence-corrected chi connectivity index (χ3v) is 6.94. The summed E-state index contributed by atoms with van der Waals surface area (Å²) in [6.07, 6.45) is 0. The first-order chi connectivity index (χ1) is 15.2. The number of likely N-dealkylation sites (N-methyl/N-ethyl adjacent to an activating group) is 1. The van der Waals surface area contributed by atoms with Crippen molar-refractivity contribution in [3.05, 3.63) is 83.3 Å². The maximum absolute atomic E-state index is 13.8. The fraction of sp³-hybridized carbons (Fsp3) is 0.130. The second-order valence-electron chi connectivity index (χ2n) is 7.05. The molecule has 4 rings (SSSR count). The lowest BCUT2D eigenvalue weighted by Gasteiger charge is -2.30. The van der Waals surface area contributed by atoms with Crippen molar-refractivity contribution in [2.24, 2.45) is 0 Å². The highest BCUT2D eigenvalue weighted by atomic mass is 32.2. The van der Waals surface area contributed by atoms with Crippen molar-refractivity contribution >= 4 is 38.3 Å². The second-order valence-corrected chi connectivity index (χ2v) is 8.98. The number of Topliss-reactive ketones (excluding diaryl/α,β-unsaturated/α-hetero) is 1. The molecule has 164 valence electrons. The largest absolute Gasteiger partial charge is 0.479 e. The van der Waals surface area contributed by atoms with Gasteiger partial charge in [0.2, 0.25) is 5.78 Å². The van der Waals surface area contributed by atoms with Gasteiger partial charge in [-0.3, -0.25) is 9.10 Å². The molecular formula is C23H18FNO6S. The fourth-order valence-corrected chi connectivity index (χ4v) is 4.89. The first kappa shape index (κ1) is 21.5. The van der Waals surface area contributed by atoms with Crippen LogP contribution in [0.3, 0.4) is 0 Å². The normalized spacial score (nSPS) is 14.8. The van der Waals surface area contributed by atoms with Crippen molar-refractivity contribution in [1.82, 2.24) is 4.31 Å². The number of carbonyl (C=O) groups excluding carboxylic acids is 2. The second kappa shape index (κ2) is 8.08. The molecule has 3 aromatic rings. The predicted octanol–water partition coefficient (Wildman–Crippen LogP) is 3.35. The number of methoxy groups -OCH3 is 1. The van der Waals surface area contributed by atoms with Gasteiger partial charge in [-0.2, -0.15) is 0 Å².